The summed E-state index contributed by atoms with van der Waals surface area (Å²) in [5.41, 5.74) is 0. The number of rotatable bonds is 3. The van der Waals surface area contributed by atoms with Gasteiger partial charge >= 0.3 is 5.97 Å². The van der Waals surface area contributed by atoms with E-state index in [2.05, 4.69) is 5.32 Å². The van der Waals surface area contributed by atoms with Crippen LogP contribution in [0.25, 0.3) is 0 Å². The van der Waals surface area contributed by atoms with Gasteiger partial charge in [-0.1, -0.05) is 0 Å². The number of sulfonamides is 1. The van der Waals surface area contributed by atoms with E-state index in [9.17, 15) is 13.2 Å². The third-order valence-electron chi connectivity index (χ3n) is 2.01. The molecular formula is C7H11N3O4S. The van der Waals surface area contributed by atoms with Crippen molar-refractivity contribution in [1.29, 1.82) is 5.26 Å². The van der Waals surface area contributed by atoms with Crippen LogP contribution in [0.2, 0.25) is 0 Å². The fourth-order valence-corrected chi connectivity index (χ4v) is 2.72. The summed E-state index contributed by atoms with van der Waals surface area (Å²) in [6.45, 7) is 0.792. The molecule has 0 saturated carbocycles. The molecule has 0 aromatic carbocycles. The van der Waals surface area contributed by atoms with Crippen molar-refractivity contribution in [2.24, 2.45) is 0 Å². The van der Waals surface area contributed by atoms with Gasteiger partial charge in [0.05, 0.1) is 6.07 Å². The van der Waals surface area contributed by atoms with Gasteiger partial charge in [-0.3, -0.25) is 4.79 Å². The SMILES string of the molecule is N#CC1CNCCN1S(=O)(=O)CC(=O)O. The third-order valence-corrected chi connectivity index (χ3v) is 3.77. The number of aliphatic carboxylic acids is 1. The lowest BCUT2D eigenvalue weighted by molar-refractivity contribution is -0.134. The molecule has 0 amide bonds. The lowest BCUT2D eigenvalue weighted by Gasteiger charge is -2.30. The van der Waals surface area contributed by atoms with Gasteiger partial charge in [0.2, 0.25) is 10.0 Å². The molecule has 15 heavy (non-hydrogen) atoms. The summed E-state index contributed by atoms with van der Waals surface area (Å²) in [7, 11) is -3.87. The Kier molecular flexibility index (Phi) is 3.62. The van der Waals surface area contributed by atoms with Gasteiger partial charge in [0.15, 0.2) is 5.75 Å². The van der Waals surface area contributed by atoms with Crippen LogP contribution in [0.4, 0.5) is 0 Å². The van der Waals surface area contributed by atoms with Gasteiger partial charge in [0.25, 0.3) is 0 Å². The van der Waals surface area contributed by atoms with E-state index in [1.165, 1.54) is 0 Å². The maximum atomic E-state index is 11.5. The zero-order valence-electron chi connectivity index (χ0n) is 7.88. The summed E-state index contributed by atoms with van der Waals surface area (Å²) in [6.07, 6.45) is 0. The van der Waals surface area contributed by atoms with E-state index in [0.717, 1.165) is 4.31 Å². The Morgan fingerprint density at radius 1 is 1.67 bits per heavy atom. The van der Waals surface area contributed by atoms with E-state index in [-0.39, 0.29) is 13.1 Å². The number of carbonyl (C=O) groups is 1. The van der Waals surface area contributed by atoms with Gasteiger partial charge in [-0.15, -0.1) is 0 Å². The maximum Gasteiger partial charge on any atom is 0.320 e. The van der Waals surface area contributed by atoms with Crippen molar-refractivity contribution in [3.8, 4) is 6.07 Å². The molecule has 2 N–H and O–H groups in total. The van der Waals surface area contributed by atoms with E-state index in [1.807, 2.05) is 6.07 Å². The average Bonchev–Trinajstić information content (AvgIpc) is 2.16. The predicted molar refractivity (Wildman–Crippen MR) is 50.4 cm³/mol. The van der Waals surface area contributed by atoms with Gasteiger partial charge in [0.1, 0.15) is 6.04 Å². The molecule has 1 fully saturated rings. The number of carboxylic acids is 1. The molecule has 1 saturated heterocycles. The molecule has 1 atom stereocenters. The molecule has 0 radical (unpaired) electrons. The van der Waals surface area contributed by atoms with Gasteiger partial charge < -0.3 is 10.4 Å². The minimum Gasteiger partial charge on any atom is -0.480 e. The van der Waals surface area contributed by atoms with Crippen LogP contribution in [-0.2, 0) is 14.8 Å². The lowest BCUT2D eigenvalue weighted by atomic mass is 10.3. The second kappa shape index (κ2) is 4.57. The van der Waals surface area contributed by atoms with E-state index < -0.39 is 27.8 Å². The molecule has 0 aliphatic carbocycles. The van der Waals surface area contributed by atoms with Crippen LogP contribution in [0, 0.1) is 11.3 Å². The topological polar surface area (TPSA) is 111 Å². The Morgan fingerprint density at radius 2 is 2.33 bits per heavy atom. The molecule has 1 aliphatic rings. The van der Waals surface area contributed by atoms with Crippen molar-refractivity contribution in [1.82, 2.24) is 9.62 Å². The molecular weight excluding hydrogens is 222 g/mol. The molecule has 1 aliphatic heterocycles. The number of nitrogens with zero attached hydrogens (tertiary/aromatic N) is 2. The fourth-order valence-electron chi connectivity index (χ4n) is 1.37. The van der Waals surface area contributed by atoms with Crippen molar-refractivity contribution in [2.45, 2.75) is 6.04 Å². The minimum atomic E-state index is -3.87. The zero-order chi connectivity index (χ0) is 11.5. The molecule has 7 nitrogen and oxygen atoms in total. The fraction of sp³-hybridized carbons (Fsp3) is 0.714. The highest BCUT2D eigenvalue weighted by atomic mass is 32.2. The lowest BCUT2D eigenvalue weighted by Crippen LogP contribution is -2.54. The Bertz CT molecular complexity index is 386. The van der Waals surface area contributed by atoms with Crippen LogP contribution in [0.1, 0.15) is 0 Å². The molecule has 0 aromatic rings. The highest BCUT2D eigenvalue weighted by Crippen LogP contribution is 2.09. The van der Waals surface area contributed by atoms with Gasteiger partial charge in [-0.2, -0.15) is 9.57 Å². The largest absolute Gasteiger partial charge is 0.480 e. The second-order valence-electron chi connectivity index (χ2n) is 3.11. The van der Waals surface area contributed by atoms with Crippen LogP contribution < -0.4 is 5.32 Å². The van der Waals surface area contributed by atoms with Crippen molar-refractivity contribution < 1.29 is 18.3 Å². The molecule has 0 spiro atoms. The Hall–Kier alpha value is -1.17. The molecule has 1 heterocycles. The Morgan fingerprint density at radius 3 is 2.87 bits per heavy atom. The maximum absolute atomic E-state index is 11.5. The Labute approximate surface area is 87.3 Å². The van der Waals surface area contributed by atoms with Crippen molar-refractivity contribution >= 4 is 16.0 Å². The second-order valence-corrected chi connectivity index (χ2v) is 5.03. The highest BCUT2D eigenvalue weighted by Gasteiger charge is 2.33. The van der Waals surface area contributed by atoms with Crippen molar-refractivity contribution in [3.05, 3.63) is 0 Å². The average molecular weight is 233 g/mol. The quantitative estimate of drug-likeness (QED) is 0.595. The first kappa shape index (κ1) is 11.9. The van der Waals surface area contributed by atoms with Gasteiger partial charge in [-0.25, -0.2) is 8.42 Å². The smallest absolute Gasteiger partial charge is 0.320 e. The number of hydrogen-bond donors (Lipinski definition) is 2. The first-order chi connectivity index (χ1) is 6.97. The summed E-state index contributed by atoms with van der Waals surface area (Å²) in [4.78, 5) is 10.3. The summed E-state index contributed by atoms with van der Waals surface area (Å²) < 4.78 is 24.0. The first-order valence-electron chi connectivity index (χ1n) is 4.29. The Balaban J connectivity index is 2.85. The highest BCUT2D eigenvalue weighted by molar-refractivity contribution is 7.89. The molecule has 0 bridgehead atoms. The number of piperazine rings is 1. The first-order valence-corrected chi connectivity index (χ1v) is 5.90. The van der Waals surface area contributed by atoms with Crippen molar-refractivity contribution in [2.75, 3.05) is 25.4 Å². The van der Waals surface area contributed by atoms with Crippen LogP contribution in [0.5, 0.6) is 0 Å². The zero-order valence-corrected chi connectivity index (χ0v) is 8.70. The van der Waals surface area contributed by atoms with Crippen LogP contribution in [0.3, 0.4) is 0 Å². The minimum absolute atomic E-state index is 0.133. The van der Waals surface area contributed by atoms with Gasteiger partial charge in [-0.05, 0) is 0 Å². The predicted octanol–water partition coefficient (Wildman–Crippen LogP) is -1.80. The van der Waals surface area contributed by atoms with E-state index in [4.69, 9.17) is 10.4 Å². The van der Waals surface area contributed by atoms with E-state index in [0.29, 0.717) is 6.54 Å². The summed E-state index contributed by atoms with van der Waals surface area (Å²) in [6, 6.07) is 1.01. The summed E-state index contributed by atoms with van der Waals surface area (Å²) in [5, 5.41) is 20.0. The van der Waals surface area contributed by atoms with E-state index in [1.54, 1.807) is 0 Å². The molecule has 8 heteroatoms. The normalized spacial score (nSPS) is 23.3. The van der Waals surface area contributed by atoms with Gasteiger partial charge in [0, 0.05) is 19.6 Å². The summed E-state index contributed by atoms with van der Waals surface area (Å²) in [5.74, 6) is -2.38. The number of nitriles is 1. The summed E-state index contributed by atoms with van der Waals surface area (Å²) >= 11 is 0. The van der Waals surface area contributed by atoms with Crippen molar-refractivity contribution in [3.63, 3.8) is 0 Å². The molecule has 0 aromatic heterocycles. The number of nitrogens with one attached hydrogen (secondary N) is 1. The standard InChI is InChI=1S/C7H11N3O4S/c8-3-6-4-9-1-2-10(6)15(13,14)5-7(11)12/h6,9H,1-2,4-5H2,(H,11,12). The van der Waals surface area contributed by atoms with E-state index >= 15 is 0 Å². The molecule has 1 rings (SSSR count). The monoisotopic (exact) mass is 233 g/mol. The number of hydrogen-bond acceptors (Lipinski definition) is 5. The number of carboxylic acid groups (broad SMARTS) is 1. The van der Waals surface area contributed by atoms with Crippen LogP contribution >= 0.6 is 0 Å². The van der Waals surface area contributed by atoms with Crippen LogP contribution in [-0.4, -0.2) is 55.2 Å². The van der Waals surface area contributed by atoms with Crippen LogP contribution in [0.15, 0.2) is 0 Å². The third kappa shape index (κ3) is 2.89. The molecule has 1 unspecified atom stereocenters. The molecule has 84 valence electrons.